The molecule has 3 aromatic carbocycles. The van der Waals surface area contributed by atoms with Crippen LogP contribution in [0, 0.1) is 5.92 Å². The average molecular weight is 715 g/mol. The first-order chi connectivity index (χ1) is 24.1. The second-order valence-corrected chi connectivity index (χ2v) is 14.6. The van der Waals surface area contributed by atoms with Crippen LogP contribution in [0.4, 0.5) is 0 Å². The van der Waals surface area contributed by atoms with Crippen molar-refractivity contribution in [2.75, 3.05) is 40.4 Å². The molecular formula is C38H37Cl2N5O5. The molecule has 0 unspecified atom stereocenters. The minimum Gasteiger partial charge on any atom is -0.496 e. The van der Waals surface area contributed by atoms with Crippen LogP contribution in [0.1, 0.15) is 29.7 Å². The van der Waals surface area contributed by atoms with E-state index in [-0.39, 0.29) is 23.4 Å². The van der Waals surface area contributed by atoms with E-state index in [2.05, 4.69) is 21.2 Å². The number of aliphatic carboxylic acids is 1. The summed E-state index contributed by atoms with van der Waals surface area (Å²) in [7, 11) is 3.27. The third-order valence-electron chi connectivity index (χ3n) is 10.7. The lowest BCUT2D eigenvalue weighted by molar-refractivity contribution is -0.148. The highest BCUT2D eigenvalue weighted by atomic mass is 35.5. The van der Waals surface area contributed by atoms with E-state index in [0.29, 0.717) is 53.2 Å². The summed E-state index contributed by atoms with van der Waals surface area (Å²) in [5.41, 5.74) is 7.64. The molecule has 3 saturated heterocycles. The molecule has 0 saturated carbocycles. The minimum absolute atomic E-state index is 0.108. The zero-order valence-corrected chi connectivity index (χ0v) is 29.4. The van der Waals surface area contributed by atoms with Crippen LogP contribution in [-0.4, -0.2) is 88.7 Å². The van der Waals surface area contributed by atoms with Crippen LogP contribution in [0.3, 0.4) is 0 Å². The first-order valence-electron chi connectivity index (χ1n) is 16.8. The van der Waals surface area contributed by atoms with Crippen molar-refractivity contribution in [1.29, 1.82) is 0 Å². The smallest absolute Gasteiger partial charge is 0.309 e. The number of hydrogen-bond acceptors (Lipinski definition) is 8. The highest BCUT2D eigenvalue weighted by Gasteiger charge is 2.47. The number of amides is 1. The summed E-state index contributed by atoms with van der Waals surface area (Å²) in [4.78, 5) is 37.1. The molecule has 1 amide bonds. The van der Waals surface area contributed by atoms with Crippen LogP contribution in [0.5, 0.6) is 11.6 Å². The average Bonchev–Trinajstić information content (AvgIpc) is 3.67. The SMILES string of the molecule is COc1cc(-c2cccc(-c3cccc(-c4cnc(CN5CC6(CCC(=O)N6)C5)c(OC)n4)c3Cl)c2Cl)cc2c1C[C@H](N1CC(C(=O)O)C1)C2. The number of nitrogens with zero attached hydrogens (tertiary/aromatic N) is 4. The van der Waals surface area contributed by atoms with E-state index >= 15 is 0 Å². The number of halogens is 2. The molecule has 0 bridgehead atoms. The van der Waals surface area contributed by atoms with E-state index in [1.807, 2.05) is 42.5 Å². The Morgan fingerprint density at radius 1 is 1.00 bits per heavy atom. The fraction of sp³-hybridized carbons (Fsp3) is 0.368. The van der Waals surface area contributed by atoms with Gasteiger partial charge in [0.05, 0.1) is 47.6 Å². The largest absolute Gasteiger partial charge is 0.496 e. The van der Waals surface area contributed by atoms with Gasteiger partial charge in [-0.3, -0.25) is 24.4 Å². The van der Waals surface area contributed by atoms with Gasteiger partial charge in [0.25, 0.3) is 0 Å². The van der Waals surface area contributed by atoms with Crippen molar-refractivity contribution in [2.24, 2.45) is 5.92 Å². The van der Waals surface area contributed by atoms with Crippen LogP contribution >= 0.6 is 23.2 Å². The van der Waals surface area contributed by atoms with Crippen LogP contribution in [0.2, 0.25) is 10.0 Å². The standard InChI is InChI=1S/C38H37Cl2N5O5/c1-49-32-13-22(11-21-12-24(14-29(21)32)45-16-23(17-45)37(47)48)25-5-3-6-26(34(25)39)27-7-4-8-28(35(27)40)30-15-41-31(36(42-30)50-2)18-44-19-38(20-44)10-9-33(46)43-38/h3-8,11,13,15,23-24H,9-10,12,14,16-20H2,1-2H3,(H,43,46)(H,47,48)/t24-/m1/s1. The molecule has 12 heteroatoms. The number of rotatable bonds is 9. The third-order valence-corrected chi connectivity index (χ3v) is 11.5. The summed E-state index contributed by atoms with van der Waals surface area (Å²) in [5.74, 6) is 0.355. The van der Waals surface area contributed by atoms with Crippen molar-refractivity contribution in [3.8, 4) is 45.1 Å². The molecule has 1 aliphatic carbocycles. The molecule has 8 rings (SSSR count). The number of carbonyl (C=O) groups is 2. The van der Waals surface area contributed by atoms with Gasteiger partial charge in [-0.05, 0) is 42.0 Å². The van der Waals surface area contributed by atoms with Gasteiger partial charge in [-0.15, -0.1) is 0 Å². The first-order valence-corrected chi connectivity index (χ1v) is 17.6. The minimum atomic E-state index is -0.726. The van der Waals surface area contributed by atoms with Gasteiger partial charge >= 0.3 is 5.97 Å². The van der Waals surface area contributed by atoms with Gasteiger partial charge < -0.3 is 19.9 Å². The van der Waals surface area contributed by atoms with Gasteiger partial charge in [0.15, 0.2) is 0 Å². The maximum absolute atomic E-state index is 11.7. The highest BCUT2D eigenvalue weighted by Crippen LogP contribution is 2.45. The lowest BCUT2D eigenvalue weighted by Crippen LogP contribution is -2.66. The molecule has 1 spiro atoms. The van der Waals surface area contributed by atoms with Crippen molar-refractivity contribution >= 4 is 35.1 Å². The summed E-state index contributed by atoms with van der Waals surface area (Å²) >= 11 is 14.3. The van der Waals surface area contributed by atoms with E-state index in [0.717, 1.165) is 66.0 Å². The molecule has 4 aromatic rings. The lowest BCUT2D eigenvalue weighted by atomic mass is 9.88. The summed E-state index contributed by atoms with van der Waals surface area (Å²) in [6.45, 7) is 3.31. The molecule has 1 atom stereocenters. The molecule has 4 heterocycles. The Kier molecular flexibility index (Phi) is 8.46. The summed E-state index contributed by atoms with van der Waals surface area (Å²) in [6, 6.07) is 16.2. The van der Waals surface area contributed by atoms with Crippen molar-refractivity contribution in [3.05, 3.63) is 81.6 Å². The van der Waals surface area contributed by atoms with Crippen molar-refractivity contribution in [3.63, 3.8) is 0 Å². The number of nitrogens with one attached hydrogen (secondary N) is 1. The molecule has 10 nitrogen and oxygen atoms in total. The molecule has 3 fully saturated rings. The number of hydrogen-bond donors (Lipinski definition) is 2. The topological polar surface area (TPSA) is 117 Å². The summed E-state index contributed by atoms with van der Waals surface area (Å²) in [5, 5.41) is 13.5. The van der Waals surface area contributed by atoms with Crippen LogP contribution in [-0.2, 0) is 29.0 Å². The summed E-state index contributed by atoms with van der Waals surface area (Å²) in [6.07, 6.45) is 4.83. The van der Waals surface area contributed by atoms with E-state index in [1.165, 1.54) is 11.1 Å². The Morgan fingerprint density at radius 3 is 2.36 bits per heavy atom. The number of ether oxygens (including phenoxy) is 2. The second-order valence-electron chi connectivity index (χ2n) is 13.9. The molecule has 50 heavy (non-hydrogen) atoms. The third kappa shape index (κ3) is 5.78. The van der Waals surface area contributed by atoms with Gasteiger partial charge in [-0.25, -0.2) is 4.98 Å². The number of carboxylic acids is 1. The van der Waals surface area contributed by atoms with Gasteiger partial charge in [0.1, 0.15) is 11.4 Å². The molecule has 258 valence electrons. The van der Waals surface area contributed by atoms with E-state index in [1.54, 1.807) is 20.4 Å². The lowest BCUT2D eigenvalue weighted by Gasteiger charge is -2.47. The Labute approximate surface area is 300 Å². The van der Waals surface area contributed by atoms with Gasteiger partial charge in [-0.2, -0.15) is 0 Å². The van der Waals surface area contributed by atoms with Crippen molar-refractivity contribution < 1.29 is 24.2 Å². The van der Waals surface area contributed by atoms with Crippen LogP contribution in [0.25, 0.3) is 33.5 Å². The van der Waals surface area contributed by atoms with E-state index < -0.39 is 5.97 Å². The molecular weight excluding hydrogens is 677 g/mol. The molecule has 1 aromatic heterocycles. The molecule has 2 N–H and O–H groups in total. The van der Waals surface area contributed by atoms with Gasteiger partial charge in [0, 0.05) is 67.4 Å². The predicted molar refractivity (Wildman–Crippen MR) is 191 cm³/mol. The maximum atomic E-state index is 11.7. The zero-order chi connectivity index (χ0) is 34.7. The fourth-order valence-electron chi connectivity index (χ4n) is 8.08. The number of methoxy groups -OCH3 is 2. The molecule has 0 radical (unpaired) electrons. The molecule has 3 aliphatic heterocycles. The van der Waals surface area contributed by atoms with E-state index in [9.17, 15) is 14.7 Å². The Hall–Kier alpha value is -4.22. The van der Waals surface area contributed by atoms with Crippen molar-refractivity contribution in [1.82, 2.24) is 25.1 Å². The summed E-state index contributed by atoms with van der Waals surface area (Å²) < 4.78 is 11.5. The normalized spacial score (nSPS) is 19.9. The number of aromatic nitrogens is 2. The Morgan fingerprint density at radius 2 is 1.70 bits per heavy atom. The van der Waals surface area contributed by atoms with Gasteiger partial charge in [0.2, 0.25) is 11.8 Å². The predicted octanol–water partition coefficient (Wildman–Crippen LogP) is 5.75. The number of benzene rings is 3. The number of carbonyl (C=O) groups excluding carboxylic acids is 1. The second kappa shape index (κ2) is 12.8. The van der Waals surface area contributed by atoms with Crippen molar-refractivity contribution in [2.45, 2.75) is 43.8 Å². The Balaban J connectivity index is 1.05. The monoisotopic (exact) mass is 713 g/mol. The van der Waals surface area contributed by atoms with Crippen LogP contribution in [0.15, 0.2) is 54.7 Å². The number of likely N-dealkylation sites (tertiary alicyclic amines) is 2. The zero-order valence-electron chi connectivity index (χ0n) is 27.8. The van der Waals surface area contributed by atoms with Gasteiger partial charge in [-0.1, -0.05) is 65.7 Å². The van der Waals surface area contributed by atoms with Crippen LogP contribution < -0.4 is 14.8 Å². The highest BCUT2D eigenvalue weighted by molar-refractivity contribution is 6.39. The molecule has 4 aliphatic rings. The maximum Gasteiger partial charge on any atom is 0.309 e. The Bertz CT molecular complexity index is 2030. The number of carboxylic acid groups (broad SMARTS) is 1. The van der Waals surface area contributed by atoms with E-state index in [4.69, 9.17) is 42.6 Å². The number of fused-ring (bicyclic) bond motifs is 1. The fourth-order valence-corrected chi connectivity index (χ4v) is 8.75. The first kappa shape index (κ1) is 33.0. The quantitative estimate of drug-likeness (QED) is 0.224.